The van der Waals surface area contributed by atoms with Gasteiger partial charge in [0.2, 0.25) is 0 Å². The zero-order valence-corrected chi connectivity index (χ0v) is 10.4. The van der Waals surface area contributed by atoms with Gasteiger partial charge in [0.05, 0.1) is 7.11 Å². The van der Waals surface area contributed by atoms with E-state index in [0.29, 0.717) is 11.7 Å². The fraction of sp³-hybridized carbons (Fsp3) is 0.538. The Kier molecular flexibility index (Phi) is 4.74. The number of hydrogen-bond donors (Lipinski definition) is 1. The maximum atomic E-state index is 14.0. The smallest absolute Gasteiger partial charge is 0.168 e. The highest BCUT2D eigenvalue weighted by atomic mass is 19.1. The van der Waals surface area contributed by atoms with Crippen molar-refractivity contribution in [3.8, 4) is 5.75 Å². The molecule has 0 radical (unpaired) electrons. The molecule has 0 saturated carbocycles. The first-order valence-electron chi connectivity index (χ1n) is 5.58. The van der Waals surface area contributed by atoms with Crippen LogP contribution in [0.25, 0.3) is 0 Å². The highest BCUT2D eigenvalue weighted by Crippen LogP contribution is 2.30. The molecule has 1 aromatic carbocycles. The highest BCUT2D eigenvalue weighted by Gasteiger charge is 2.19. The zero-order valence-electron chi connectivity index (χ0n) is 10.4. The molecule has 3 heteroatoms. The number of benzene rings is 1. The zero-order chi connectivity index (χ0) is 12.1. The van der Waals surface area contributed by atoms with Crippen LogP contribution >= 0.6 is 0 Å². The number of rotatable bonds is 5. The number of nitrogens with one attached hydrogen (secondary N) is 1. The molecule has 2 unspecified atom stereocenters. The molecule has 0 aliphatic rings. The number of methoxy groups -OCH3 is 1. The monoisotopic (exact) mass is 225 g/mol. The van der Waals surface area contributed by atoms with Gasteiger partial charge >= 0.3 is 0 Å². The molecule has 90 valence electrons. The summed E-state index contributed by atoms with van der Waals surface area (Å²) in [6.07, 6.45) is 0. The van der Waals surface area contributed by atoms with Crippen LogP contribution < -0.4 is 10.1 Å². The lowest BCUT2D eigenvalue weighted by molar-refractivity contribution is 0.376. The summed E-state index contributed by atoms with van der Waals surface area (Å²) in [6.45, 7) is 5.03. The summed E-state index contributed by atoms with van der Waals surface area (Å²) < 4.78 is 19.0. The molecule has 2 atom stereocenters. The van der Waals surface area contributed by atoms with E-state index < -0.39 is 0 Å². The van der Waals surface area contributed by atoms with E-state index in [2.05, 4.69) is 12.2 Å². The maximum Gasteiger partial charge on any atom is 0.168 e. The third kappa shape index (κ3) is 2.73. The minimum absolute atomic E-state index is 0.169. The Bertz CT molecular complexity index is 341. The summed E-state index contributed by atoms with van der Waals surface area (Å²) in [4.78, 5) is 0. The molecular formula is C13H20FNO. The first kappa shape index (κ1) is 13.0. The first-order chi connectivity index (χ1) is 7.61. The van der Waals surface area contributed by atoms with Gasteiger partial charge in [0.1, 0.15) is 0 Å². The molecule has 16 heavy (non-hydrogen) atoms. The van der Waals surface area contributed by atoms with Gasteiger partial charge in [0.25, 0.3) is 0 Å². The first-order valence-corrected chi connectivity index (χ1v) is 5.58. The van der Waals surface area contributed by atoms with Gasteiger partial charge in [-0.25, -0.2) is 4.39 Å². The average molecular weight is 225 g/mol. The minimum atomic E-state index is -0.236. The van der Waals surface area contributed by atoms with Crippen molar-refractivity contribution in [2.45, 2.75) is 19.8 Å². The quantitative estimate of drug-likeness (QED) is 0.832. The fourth-order valence-electron chi connectivity index (χ4n) is 1.84. The van der Waals surface area contributed by atoms with E-state index in [1.54, 1.807) is 6.07 Å². The largest absolute Gasteiger partial charge is 0.494 e. The fourth-order valence-corrected chi connectivity index (χ4v) is 1.84. The normalized spacial score (nSPS) is 14.6. The van der Waals surface area contributed by atoms with Crippen LogP contribution in [-0.4, -0.2) is 20.7 Å². The van der Waals surface area contributed by atoms with Gasteiger partial charge in [0.15, 0.2) is 11.6 Å². The highest BCUT2D eigenvalue weighted by molar-refractivity contribution is 5.33. The van der Waals surface area contributed by atoms with Gasteiger partial charge in [-0.15, -0.1) is 0 Å². The molecule has 0 aromatic heterocycles. The van der Waals surface area contributed by atoms with Gasteiger partial charge in [-0.1, -0.05) is 26.0 Å². The van der Waals surface area contributed by atoms with Gasteiger partial charge in [0, 0.05) is 0 Å². The minimum Gasteiger partial charge on any atom is -0.494 e. The van der Waals surface area contributed by atoms with Crippen LogP contribution in [0.1, 0.15) is 25.3 Å². The second-order valence-corrected chi connectivity index (χ2v) is 4.19. The number of ether oxygens (including phenoxy) is 1. The Morgan fingerprint density at radius 1 is 1.38 bits per heavy atom. The second kappa shape index (κ2) is 5.85. The van der Waals surface area contributed by atoms with Gasteiger partial charge in [-0.05, 0) is 37.1 Å². The van der Waals surface area contributed by atoms with Crippen molar-refractivity contribution < 1.29 is 9.13 Å². The lowest BCUT2D eigenvalue weighted by Gasteiger charge is -2.21. The van der Waals surface area contributed by atoms with Crippen molar-refractivity contribution in [2.24, 2.45) is 5.92 Å². The molecule has 0 aliphatic heterocycles. The molecule has 0 amide bonds. The van der Waals surface area contributed by atoms with E-state index in [-0.39, 0.29) is 11.7 Å². The van der Waals surface area contributed by atoms with Crippen LogP contribution in [0.3, 0.4) is 0 Å². The molecule has 1 aromatic rings. The third-order valence-electron chi connectivity index (χ3n) is 3.08. The molecule has 1 rings (SSSR count). The third-order valence-corrected chi connectivity index (χ3v) is 3.08. The van der Waals surface area contributed by atoms with Crippen LogP contribution in [0.15, 0.2) is 18.2 Å². The molecule has 2 nitrogen and oxygen atoms in total. The van der Waals surface area contributed by atoms with Crippen LogP contribution in [0.5, 0.6) is 5.75 Å². The number of halogens is 1. The Labute approximate surface area is 96.8 Å². The molecule has 0 aliphatic carbocycles. The van der Waals surface area contributed by atoms with Crippen LogP contribution in [0, 0.1) is 11.7 Å². The van der Waals surface area contributed by atoms with Crippen LogP contribution in [0.4, 0.5) is 4.39 Å². The van der Waals surface area contributed by atoms with Gasteiger partial charge < -0.3 is 10.1 Å². The Morgan fingerprint density at radius 2 is 2.06 bits per heavy atom. The summed E-state index contributed by atoms with van der Waals surface area (Å²) >= 11 is 0. The molecule has 0 fully saturated rings. The van der Waals surface area contributed by atoms with Crippen molar-refractivity contribution in [2.75, 3.05) is 20.7 Å². The van der Waals surface area contributed by atoms with Gasteiger partial charge in [-0.2, -0.15) is 0 Å². The molecule has 0 bridgehead atoms. The Hall–Kier alpha value is -1.09. The lowest BCUT2D eigenvalue weighted by Crippen LogP contribution is -2.21. The molecular weight excluding hydrogens is 205 g/mol. The summed E-state index contributed by atoms with van der Waals surface area (Å²) in [5, 5.41) is 3.11. The lowest BCUT2D eigenvalue weighted by atomic mass is 9.88. The Balaban J connectivity index is 2.94. The van der Waals surface area contributed by atoms with Crippen LogP contribution in [-0.2, 0) is 0 Å². The summed E-state index contributed by atoms with van der Waals surface area (Å²) in [5.74, 6) is 0.635. The summed E-state index contributed by atoms with van der Waals surface area (Å²) in [7, 11) is 3.40. The van der Waals surface area contributed by atoms with E-state index in [0.717, 1.165) is 12.1 Å². The van der Waals surface area contributed by atoms with Crippen molar-refractivity contribution in [1.82, 2.24) is 5.32 Å². The van der Waals surface area contributed by atoms with Crippen molar-refractivity contribution in [3.05, 3.63) is 29.6 Å². The van der Waals surface area contributed by atoms with E-state index in [4.69, 9.17) is 4.74 Å². The van der Waals surface area contributed by atoms with E-state index >= 15 is 0 Å². The van der Waals surface area contributed by atoms with Crippen molar-refractivity contribution in [3.63, 3.8) is 0 Å². The average Bonchev–Trinajstić information content (AvgIpc) is 2.29. The van der Waals surface area contributed by atoms with Crippen LogP contribution in [0.2, 0.25) is 0 Å². The van der Waals surface area contributed by atoms with E-state index in [9.17, 15) is 4.39 Å². The molecule has 0 saturated heterocycles. The molecule has 0 heterocycles. The van der Waals surface area contributed by atoms with E-state index in [1.165, 1.54) is 7.11 Å². The predicted molar refractivity (Wildman–Crippen MR) is 64.5 cm³/mol. The summed E-state index contributed by atoms with van der Waals surface area (Å²) in [6, 6.07) is 5.31. The Morgan fingerprint density at radius 3 is 2.62 bits per heavy atom. The SMILES string of the molecule is CNCC(C)C(C)c1cccc(OC)c1F. The summed E-state index contributed by atoms with van der Waals surface area (Å²) in [5.41, 5.74) is 0.724. The standard InChI is InChI=1S/C13H20FNO/c1-9(8-15-3)10(2)11-6-5-7-12(16-4)13(11)14/h5-7,9-10,15H,8H2,1-4H3. The molecule has 1 N–H and O–H groups in total. The predicted octanol–water partition coefficient (Wildman–Crippen LogP) is 2.79. The number of hydrogen-bond acceptors (Lipinski definition) is 2. The second-order valence-electron chi connectivity index (χ2n) is 4.19. The topological polar surface area (TPSA) is 21.3 Å². The van der Waals surface area contributed by atoms with Crippen molar-refractivity contribution >= 4 is 0 Å². The molecule has 0 spiro atoms. The van der Waals surface area contributed by atoms with Gasteiger partial charge in [-0.3, -0.25) is 0 Å². The maximum absolute atomic E-state index is 14.0. The van der Waals surface area contributed by atoms with Crippen molar-refractivity contribution in [1.29, 1.82) is 0 Å². The van der Waals surface area contributed by atoms with E-state index in [1.807, 2.05) is 26.1 Å².